The van der Waals surface area contributed by atoms with Crippen molar-refractivity contribution in [1.82, 2.24) is 24.5 Å². The van der Waals surface area contributed by atoms with E-state index in [2.05, 4.69) is 15.5 Å². The van der Waals surface area contributed by atoms with E-state index in [1.165, 1.54) is 18.7 Å². The topological polar surface area (TPSA) is 98.4 Å². The number of carbonyl (C=O) groups excluding carboxylic acids is 2. The van der Waals surface area contributed by atoms with Gasteiger partial charge in [0.15, 0.2) is 10.9 Å². The van der Waals surface area contributed by atoms with Crippen LogP contribution < -0.4 is 10.9 Å². The van der Waals surface area contributed by atoms with Gasteiger partial charge in [0, 0.05) is 0 Å². The molecule has 0 saturated carbocycles. The molecule has 0 radical (unpaired) electrons. The molecule has 0 fully saturated rings. The third-order valence-corrected chi connectivity index (χ3v) is 7.03. The van der Waals surface area contributed by atoms with Crippen LogP contribution in [0.4, 0.5) is 0 Å². The minimum atomic E-state index is -0.609. The van der Waals surface area contributed by atoms with E-state index in [-0.39, 0.29) is 23.0 Å². The summed E-state index contributed by atoms with van der Waals surface area (Å²) in [5, 5.41) is 12.5. The van der Waals surface area contributed by atoms with Crippen LogP contribution in [-0.4, -0.2) is 42.7 Å². The zero-order chi connectivity index (χ0) is 25.8. The van der Waals surface area contributed by atoms with Gasteiger partial charge in [0.1, 0.15) is 0 Å². The molecular formula is C28H25N5O3S. The number of Topliss-reactive ketones (excluding diaryl/α,β-unsaturated/α-hetero) is 1. The smallest absolute Gasteiger partial charge is 0.263 e. The summed E-state index contributed by atoms with van der Waals surface area (Å²) in [5.74, 6) is 0.0675. The summed E-state index contributed by atoms with van der Waals surface area (Å²) in [7, 11) is 0. The Morgan fingerprint density at radius 3 is 2.24 bits per heavy atom. The van der Waals surface area contributed by atoms with Crippen molar-refractivity contribution in [2.75, 3.05) is 5.75 Å². The number of aromatic nitrogens is 4. The average molecular weight is 512 g/mol. The van der Waals surface area contributed by atoms with Crippen LogP contribution in [0.5, 0.6) is 0 Å². The summed E-state index contributed by atoms with van der Waals surface area (Å²) >= 11 is 1.21. The van der Waals surface area contributed by atoms with E-state index in [1.807, 2.05) is 83.3 Å². The number of hydrogen-bond acceptors (Lipinski definition) is 6. The zero-order valence-corrected chi connectivity index (χ0v) is 21.0. The maximum Gasteiger partial charge on any atom is 0.263 e. The highest BCUT2D eigenvalue weighted by Gasteiger charge is 2.20. The van der Waals surface area contributed by atoms with Gasteiger partial charge in [-0.2, -0.15) is 0 Å². The lowest BCUT2D eigenvalue weighted by Crippen LogP contribution is -2.42. The Kier molecular flexibility index (Phi) is 7.14. The molecule has 0 spiro atoms. The number of para-hydroxylation sites is 1. The van der Waals surface area contributed by atoms with Gasteiger partial charge in [0.2, 0.25) is 11.7 Å². The van der Waals surface area contributed by atoms with Crippen LogP contribution in [0.2, 0.25) is 0 Å². The second-order valence-electron chi connectivity index (χ2n) is 8.72. The quantitative estimate of drug-likeness (QED) is 0.304. The molecule has 5 rings (SSSR count). The molecular weight excluding hydrogens is 486 g/mol. The van der Waals surface area contributed by atoms with Gasteiger partial charge in [-0.3, -0.25) is 23.4 Å². The van der Waals surface area contributed by atoms with Crippen molar-refractivity contribution in [3.8, 4) is 0 Å². The Morgan fingerprint density at radius 2 is 1.54 bits per heavy atom. The molecule has 1 unspecified atom stereocenters. The summed E-state index contributed by atoms with van der Waals surface area (Å²) in [6.07, 6.45) is 0.427. The summed E-state index contributed by atoms with van der Waals surface area (Å²) in [6, 6.07) is 25.9. The Labute approximate surface area is 217 Å². The molecule has 0 aliphatic heterocycles. The van der Waals surface area contributed by atoms with E-state index < -0.39 is 6.04 Å². The third kappa shape index (κ3) is 5.31. The van der Waals surface area contributed by atoms with Gasteiger partial charge in [-0.1, -0.05) is 84.6 Å². The first-order chi connectivity index (χ1) is 18.0. The first-order valence-corrected chi connectivity index (χ1v) is 12.9. The number of ketones is 1. The minimum absolute atomic E-state index is 0.0471. The van der Waals surface area contributed by atoms with Crippen molar-refractivity contribution < 1.29 is 9.59 Å². The van der Waals surface area contributed by atoms with E-state index in [0.717, 1.165) is 11.1 Å². The number of benzene rings is 3. The van der Waals surface area contributed by atoms with Crippen LogP contribution in [0, 0.1) is 0 Å². The molecule has 0 saturated heterocycles. The summed E-state index contributed by atoms with van der Waals surface area (Å²) < 4.78 is 3.41. The SMILES string of the molecule is CC(=O)C(Cc1ccccc1)NC(=O)CSc1nnc2n(Cc3ccccc3)c(=O)c3ccccc3n12. The molecule has 2 aromatic heterocycles. The fraction of sp³-hybridized carbons (Fsp3) is 0.179. The highest BCUT2D eigenvalue weighted by molar-refractivity contribution is 7.99. The number of hydrogen-bond donors (Lipinski definition) is 1. The molecule has 186 valence electrons. The Hall–Kier alpha value is -4.24. The Morgan fingerprint density at radius 1 is 0.892 bits per heavy atom. The van der Waals surface area contributed by atoms with Crippen LogP contribution in [0.1, 0.15) is 18.1 Å². The van der Waals surface area contributed by atoms with Gasteiger partial charge in [0.25, 0.3) is 5.56 Å². The Balaban J connectivity index is 1.41. The average Bonchev–Trinajstić information content (AvgIpc) is 3.35. The van der Waals surface area contributed by atoms with E-state index in [1.54, 1.807) is 10.6 Å². The number of nitrogens with one attached hydrogen (secondary N) is 1. The van der Waals surface area contributed by atoms with Gasteiger partial charge >= 0.3 is 0 Å². The van der Waals surface area contributed by atoms with E-state index in [0.29, 0.717) is 34.8 Å². The number of amides is 1. The lowest BCUT2D eigenvalue weighted by atomic mass is 10.0. The molecule has 0 bridgehead atoms. The fourth-order valence-electron chi connectivity index (χ4n) is 4.25. The summed E-state index contributed by atoms with van der Waals surface area (Å²) in [5.41, 5.74) is 2.46. The number of nitrogens with zero attached hydrogens (tertiary/aromatic N) is 4. The lowest BCUT2D eigenvalue weighted by Gasteiger charge is -2.16. The number of carbonyl (C=O) groups is 2. The highest BCUT2D eigenvalue weighted by Crippen LogP contribution is 2.22. The van der Waals surface area contributed by atoms with Gasteiger partial charge in [0.05, 0.1) is 29.2 Å². The number of thioether (sulfide) groups is 1. The van der Waals surface area contributed by atoms with Crippen molar-refractivity contribution >= 4 is 40.1 Å². The van der Waals surface area contributed by atoms with Crippen LogP contribution in [0.15, 0.2) is 94.9 Å². The maximum absolute atomic E-state index is 13.3. The molecule has 1 atom stereocenters. The van der Waals surface area contributed by atoms with Gasteiger partial charge in [-0.05, 0) is 36.6 Å². The second kappa shape index (κ2) is 10.8. The molecule has 1 N–H and O–H groups in total. The molecule has 0 aliphatic carbocycles. The summed E-state index contributed by atoms with van der Waals surface area (Å²) in [6.45, 7) is 1.82. The van der Waals surface area contributed by atoms with Crippen LogP contribution in [0.3, 0.4) is 0 Å². The second-order valence-corrected chi connectivity index (χ2v) is 9.66. The van der Waals surface area contributed by atoms with E-state index >= 15 is 0 Å². The highest BCUT2D eigenvalue weighted by atomic mass is 32.2. The minimum Gasteiger partial charge on any atom is -0.345 e. The maximum atomic E-state index is 13.3. The number of rotatable bonds is 9. The van der Waals surface area contributed by atoms with Crippen LogP contribution >= 0.6 is 11.8 Å². The lowest BCUT2D eigenvalue weighted by molar-refractivity contribution is -0.125. The normalized spacial score (nSPS) is 12.0. The largest absolute Gasteiger partial charge is 0.345 e. The van der Waals surface area contributed by atoms with Crippen LogP contribution in [0.25, 0.3) is 16.7 Å². The van der Waals surface area contributed by atoms with E-state index in [9.17, 15) is 14.4 Å². The number of fused-ring (bicyclic) bond motifs is 3. The molecule has 3 aromatic carbocycles. The summed E-state index contributed by atoms with van der Waals surface area (Å²) in [4.78, 5) is 38.3. The van der Waals surface area contributed by atoms with Gasteiger partial charge < -0.3 is 5.32 Å². The monoisotopic (exact) mass is 511 g/mol. The molecule has 37 heavy (non-hydrogen) atoms. The standard InChI is InChI=1S/C28H25N5O3S/c1-19(34)23(16-20-10-4-2-5-11-20)29-25(35)18-37-28-31-30-27-32(17-21-12-6-3-7-13-21)26(36)22-14-8-9-15-24(22)33(27)28/h2-15,23H,16-18H2,1H3,(H,29,35). The Bertz CT molecular complexity index is 1630. The van der Waals surface area contributed by atoms with Gasteiger partial charge in [-0.25, -0.2) is 0 Å². The van der Waals surface area contributed by atoms with Gasteiger partial charge in [-0.15, -0.1) is 10.2 Å². The van der Waals surface area contributed by atoms with E-state index in [4.69, 9.17) is 0 Å². The van der Waals surface area contributed by atoms with Crippen LogP contribution in [-0.2, 0) is 22.6 Å². The fourth-order valence-corrected chi connectivity index (χ4v) is 5.00. The van der Waals surface area contributed by atoms with Crippen molar-refractivity contribution in [3.63, 3.8) is 0 Å². The molecule has 1 amide bonds. The molecule has 2 heterocycles. The molecule has 0 aliphatic rings. The first-order valence-electron chi connectivity index (χ1n) is 11.9. The van der Waals surface area contributed by atoms with Crippen molar-refractivity contribution in [2.45, 2.75) is 31.1 Å². The predicted octanol–water partition coefficient (Wildman–Crippen LogP) is 3.50. The molecule has 9 heteroatoms. The molecule has 5 aromatic rings. The van der Waals surface area contributed by atoms with Crippen molar-refractivity contribution in [1.29, 1.82) is 0 Å². The zero-order valence-electron chi connectivity index (χ0n) is 20.2. The molecule has 8 nitrogen and oxygen atoms in total. The van der Waals surface area contributed by atoms with Crippen molar-refractivity contribution in [2.24, 2.45) is 0 Å². The van der Waals surface area contributed by atoms with Crippen molar-refractivity contribution in [3.05, 3.63) is 106 Å². The third-order valence-electron chi connectivity index (χ3n) is 6.10. The predicted molar refractivity (Wildman–Crippen MR) is 144 cm³/mol. The first kappa shape index (κ1) is 24.5.